The number of rotatable bonds is 4. The van der Waals surface area contributed by atoms with Crippen molar-refractivity contribution < 1.29 is 28.0 Å². The molecule has 0 saturated heterocycles. The first kappa shape index (κ1) is 8.12. The number of hydrogen-bond donors (Lipinski definition) is 4. The van der Waals surface area contributed by atoms with Crippen molar-refractivity contribution in [1.82, 2.24) is 0 Å². The number of carbonyl (C=O) groups excluding carboxylic acids is 1. The van der Waals surface area contributed by atoms with Gasteiger partial charge in [-0.25, -0.2) is 0 Å². The Kier molecular flexibility index (Phi) is 2.68. The topological polar surface area (TPSA) is 98.0 Å². The number of carbonyl (C=O) groups is 1. The molecule has 12 heavy (non-hydrogen) atoms. The van der Waals surface area contributed by atoms with Gasteiger partial charge in [0.1, 0.15) is 18.3 Å². The lowest BCUT2D eigenvalue weighted by atomic mass is 9.94. The van der Waals surface area contributed by atoms with E-state index in [0.717, 1.165) is 0 Å². The second-order valence-electron chi connectivity index (χ2n) is 2.67. The summed E-state index contributed by atoms with van der Waals surface area (Å²) in [6, 6.07) is 0. The molecule has 72 valence electrons. The molecule has 0 radical (unpaired) electrons. The van der Waals surface area contributed by atoms with E-state index in [2.05, 4.69) is 0 Å². The van der Waals surface area contributed by atoms with Crippen LogP contribution in [-0.2, 0) is 4.79 Å². The third-order valence-corrected chi connectivity index (χ3v) is 1.36. The van der Waals surface area contributed by atoms with Crippen LogP contribution < -0.4 is 0 Å². The van der Waals surface area contributed by atoms with Crippen LogP contribution in [0, 0.1) is 0 Å². The fourth-order valence-electron chi connectivity index (χ4n) is 0.585. The quantitative estimate of drug-likeness (QED) is 0.376. The number of hydrogen-bond acceptors (Lipinski definition) is 5. The third-order valence-electron chi connectivity index (χ3n) is 1.36. The van der Waals surface area contributed by atoms with Crippen LogP contribution in [0.1, 0.15) is 16.5 Å². The molecule has 0 aromatic heterocycles. The van der Waals surface area contributed by atoms with Crippen molar-refractivity contribution in [3.05, 3.63) is 0 Å². The lowest BCUT2D eigenvalue weighted by Crippen LogP contribution is -2.50. The second-order valence-corrected chi connectivity index (χ2v) is 2.67. The van der Waals surface area contributed by atoms with E-state index in [1.54, 1.807) is 0 Å². The molecule has 0 heterocycles. The van der Waals surface area contributed by atoms with Crippen LogP contribution in [0.2, 0.25) is 0 Å². The summed E-state index contributed by atoms with van der Waals surface area (Å²) in [7, 11) is 0. The Labute approximate surface area is 73.1 Å². The minimum Gasteiger partial charge on any atom is -0.388 e. The monoisotopic (exact) mass is 180 g/mol. The fourth-order valence-corrected chi connectivity index (χ4v) is 0.585. The van der Waals surface area contributed by atoms with E-state index in [4.69, 9.17) is 13.0 Å². The molecule has 0 aromatic rings. The van der Waals surface area contributed by atoms with Crippen LogP contribution >= 0.6 is 0 Å². The minimum absolute atomic E-state index is 0.00218. The highest BCUT2D eigenvalue weighted by atomic mass is 16.4. The molecule has 0 rings (SSSR count). The van der Waals surface area contributed by atoms with E-state index >= 15 is 0 Å². The Morgan fingerprint density at radius 2 is 1.92 bits per heavy atom. The first-order valence-corrected chi connectivity index (χ1v) is 3.23. The molecule has 0 aliphatic rings. The van der Waals surface area contributed by atoms with Gasteiger partial charge in [-0.05, 0) is 13.8 Å². The Balaban J connectivity index is 4.57. The maximum absolute atomic E-state index is 10.1. The normalized spacial score (nSPS) is 22.0. The highest BCUT2D eigenvalue weighted by Gasteiger charge is 2.35. The van der Waals surface area contributed by atoms with Gasteiger partial charge >= 0.3 is 0 Å². The van der Waals surface area contributed by atoms with E-state index in [0.29, 0.717) is 0 Å². The summed E-state index contributed by atoms with van der Waals surface area (Å²) >= 11 is 0. The minimum atomic E-state index is -2.14. The van der Waals surface area contributed by atoms with Crippen LogP contribution in [0.4, 0.5) is 0 Å². The molecule has 0 aliphatic carbocycles. The summed E-state index contributed by atoms with van der Waals surface area (Å²) in [4.78, 5) is 10.1. The SMILES string of the molecule is [2H]CC(O)(C[2H])[C@@H](O)[C@H](O)[C@@H](O)C=O. The van der Waals surface area contributed by atoms with Crippen molar-refractivity contribution in [3.8, 4) is 0 Å². The number of aliphatic hydroxyl groups is 4. The van der Waals surface area contributed by atoms with E-state index in [-0.39, 0.29) is 6.29 Å². The van der Waals surface area contributed by atoms with Crippen LogP contribution in [0.15, 0.2) is 0 Å². The lowest BCUT2D eigenvalue weighted by Gasteiger charge is -2.29. The molecule has 0 saturated carbocycles. The van der Waals surface area contributed by atoms with Crippen LogP contribution in [-0.4, -0.2) is 50.6 Å². The summed E-state index contributed by atoms with van der Waals surface area (Å²) < 4.78 is 13.7. The zero-order valence-corrected chi connectivity index (χ0v) is 6.42. The number of aldehydes is 1. The largest absolute Gasteiger partial charge is 0.388 e. The van der Waals surface area contributed by atoms with Gasteiger partial charge in [-0.3, -0.25) is 0 Å². The molecule has 0 fully saturated rings. The van der Waals surface area contributed by atoms with Crippen molar-refractivity contribution in [2.45, 2.75) is 37.7 Å². The maximum Gasteiger partial charge on any atom is 0.151 e. The molecule has 4 N–H and O–H groups in total. The molecular weight excluding hydrogens is 164 g/mol. The predicted octanol–water partition coefficient (Wildman–Crippen LogP) is -1.96. The molecule has 0 aliphatic heterocycles. The van der Waals surface area contributed by atoms with Crippen molar-refractivity contribution in [3.63, 3.8) is 0 Å². The van der Waals surface area contributed by atoms with Crippen molar-refractivity contribution in [1.29, 1.82) is 0 Å². The van der Waals surface area contributed by atoms with E-state index in [1.165, 1.54) is 0 Å². The zero-order valence-electron chi connectivity index (χ0n) is 8.42. The average Bonchev–Trinajstić information content (AvgIpc) is 2.24. The van der Waals surface area contributed by atoms with Crippen LogP contribution in [0.3, 0.4) is 0 Å². The van der Waals surface area contributed by atoms with E-state index in [9.17, 15) is 15.0 Å². The van der Waals surface area contributed by atoms with Gasteiger partial charge in [-0.15, -0.1) is 0 Å². The van der Waals surface area contributed by atoms with Crippen molar-refractivity contribution >= 4 is 6.29 Å². The molecular formula is C7H14O5. The summed E-state index contributed by atoms with van der Waals surface area (Å²) in [5.41, 5.74) is -2.14. The van der Waals surface area contributed by atoms with Crippen molar-refractivity contribution in [2.24, 2.45) is 0 Å². The summed E-state index contributed by atoms with van der Waals surface area (Å²) in [6.45, 7) is -1.42. The summed E-state index contributed by atoms with van der Waals surface area (Å²) in [6.07, 6.45) is -5.64. The van der Waals surface area contributed by atoms with Gasteiger partial charge in [-0.2, -0.15) is 0 Å². The van der Waals surface area contributed by atoms with Gasteiger partial charge in [0.25, 0.3) is 0 Å². The Bertz CT molecular complexity index is 185. The van der Waals surface area contributed by atoms with Gasteiger partial charge < -0.3 is 25.2 Å². The molecule has 0 spiro atoms. The Morgan fingerprint density at radius 1 is 1.42 bits per heavy atom. The Hall–Kier alpha value is -0.490. The van der Waals surface area contributed by atoms with Gasteiger partial charge in [0, 0.05) is 2.74 Å². The molecule has 3 atom stereocenters. The standard InChI is InChI=1S/C7H14O5/c1-7(2,12)6(11)5(10)4(9)3-8/h3-6,9-12H,1-2H3/t4-,5+,6-/m0/s1/i1D,2D. The van der Waals surface area contributed by atoms with Crippen LogP contribution in [0.25, 0.3) is 0 Å². The van der Waals surface area contributed by atoms with Gasteiger partial charge in [0.05, 0.1) is 5.60 Å². The third kappa shape index (κ3) is 2.86. The Morgan fingerprint density at radius 3 is 2.25 bits per heavy atom. The van der Waals surface area contributed by atoms with Gasteiger partial charge in [-0.1, -0.05) is 0 Å². The molecule has 5 heteroatoms. The predicted molar refractivity (Wildman–Crippen MR) is 40.4 cm³/mol. The lowest BCUT2D eigenvalue weighted by molar-refractivity contribution is -0.147. The van der Waals surface area contributed by atoms with Crippen molar-refractivity contribution in [2.75, 3.05) is 0 Å². The first-order chi connectivity index (χ1) is 6.42. The van der Waals surface area contributed by atoms with Gasteiger partial charge in [0.15, 0.2) is 6.29 Å². The maximum atomic E-state index is 10.1. The number of aliphatic hydroxyl groups excluding tert-OH is 3. The fraction of sp³-hybridized carbons (Fsp3) is 0.857. The molecule has 0 aromatic carbocycles. The molecule has 5 nitrogen and oxygen atoms in total. The average molecular weight is 180 g/mol. The summed E-state index contributed by atoms with van der Waals surface area (Å²) in [5, 5.41) is 36.6. The molecule has 0 bridgehead atoms. The zero-order chi connectivity index (χ0) is 11.4. The summed E-state index contributed by atoms with van der Waals surface area (Å²) in [5.74, 6) is 0. The van der Waals surface area contributed by atoms with E-state index in [1.807, 2.05) is 0 Å². The molecule has 0 unspecified atom stereocenters. The van der Waals surface area contributed by atoms with E-state index < -0.39 is 37.7 Å². The van der Waals surface area contributed by atoms with Crippen LogP contribution in [0.5, 0.6) is 0 Å². The molecule has 0 amide bonds. The highest BCUT2D eigenvalue weighted by molar-refractivity contribution is 5.56. The van der Waals surface area contributed by atoms with Gasteiger partial charge in [0.2, 0.25) is 0 Å². The first-order valence-electron chi connectivity index (χ1n) is 4.64. The highest BCUT2D eigenvalue weighted by Crippen LogP contribution is 2.13. The second kappa shape index (κ2) is 3.95. The smallest absolute Gasteiger partial charge is 0.151 e.